The molecule has 1 saturated heterocycles. The number of unbranched alkanes of at least 4 members (excludes halogenated alkanes) is 5. The van der Waals surface area contributed by atoms with Gasteiger partial charge in [-0.15, -0.1) is 6.42 Å². The first-order valence-electron chi connectivity index (χ1n) is 13.0. The predicted molar refractivity (Wildman–Crippen MR) is 136 cm³/mol. The Morgan fingerprint density at radius 1 is 1.26 bits per heavy atom. The third kappa shape index (κ3) is 6.67. The maximum absolute atomic E-state index is 13.7. The number of carbonyl (C=O) groups excluding carboxylic acids is 3. The van der Waals surface area contributed by atoms with Gasteiger partial charge in [0.15, 0.2) is 0 Å². The average Bonchev–Trinajstić information content (AvgIpc) is 2.81. The molecular weight excluding hydrogens is 444 g/mol. The summed E-state index contributed by atoms with van der Waals surface area (Å²) in [5.74, 6) is 0.859. The van der Waals surface area contributed by atoms with Gasteiger partial charge in [0.05, 0.1) is 25.9 Å². The van der Waals surface area contributed by atoms with Crippen molar-refractivity contribution in [2.75, 3.05) is 20.2 Å². The van der Waals surface area contributed by atoms with Crippen LogP contribution >= 0.6 is 0 Å². The van der Waals surface area contributed by atoms with E-state index >= 15 is 0 Å². The smallest absolute Gasteiger partial charge is 0.320 e. The third-order valence-electron chi connectivity index (χ3n) is 7.24. The Morgan fingerprint density at radius 3 is 2.51 bits per heavy atom. The average molecular weight is 489 g/mol. The van der Waals surface area contributed by atoms with Crippen LogP contribution in [0.15, 0.2) is 11.8 Å². The van der Waals surface area contributed by atoms with E-state index in [0.29, 0.717) is 12.2 Å². The molecule has 7 heteroatoms. The van der Waals surface area contributed by atoms with Gasteiger partial charge in [-0.3, -0.25) is 14.4 Å². The standard InChI is InChI=1S/C28H44N2O5/c1-8-10-11-12-13-14-16-30-22-18-23(27(4,5)6)35-20(3)28(22,26(33)34-7)19-21(25(30)32)17-24(31)29-15-9-2/h2,18,20-21,23H,8,10-17,19H2,1,3-7H3,(H,29,31)/t20-,21-,23-,28+/m0/s1. The van der Waals surface area contributed by atoms with Crippen LogP contribution in [0.5, 0.6) is 0 Å². The highest BCUT2D eigenvalue weighted by Gasteiger charge is 2.60. The second-order valence-electron chi connectivity index (χ2n) is 10.9. The van der Waals surface area contributed by atoms with Gasteiger partial charge >= 0.3 is 5.97 Å². The Morgan fingerprint density at radius 2 is 1.91 bits per heavy atom. The molecule has 0 aromatic heterocycles. The number of esters is 1. The van der Waals surface area contributed by atoms with E-state index in [1.165, 1.54) is 26.4 Å². The molecule has 0 aliphatic carbocycles. The van der Waals surface area contributed by atoms with E-state index in [9.17, 15) is 14.4 Å². The first kappa shape index (κ1) is 28.9. The summed E-state index contributed by atoms with van der Waals surface area (Å²) in [4.78, 5) is 41.4. The van der Waals surface area contributed by atoms with E-state index in [0.717, 1.165) is 19.3 Å². The molecular formula is C28H44N2O5. The molecule has 2 heterocycles. The lowest BCUT2D eigenvalue weighted by atomic mass is 9.65. The minimum atomic E-state index is -1.15. The van der Waals surface area contributed by atoms with Crippen molar-refractivity contribution in [3.05, 3.63) is 11.8 Å². The van der Waals surface area contributed by atoms with Crippen LogP contribution in [-0.4, -0.2) is 55.1 Å². The second-order valence-corrected chi connectivity index (χ2v) is 10.9. The normalized spacial score (nSPS) is 26.4. The van der Waals surface area contributed by atoms with Crippen molar-refractivity contribution < 1.29 is 23.9 Å². The highest BCUT2D eigenvalue weighted by atomic mass is 16.5. The first-order chi connectivity index (χ1) is 16.5. The molecule has 2 aliphatic heterocycles. The van der Waals surface area contributed by atoms with Crippen molar-refractivity contribution in [1.29, 1.82) is 0 Å². The number of likely N-dealkylation sites (tertiary alicyclic amines) is 1. The van der Waals surface area contributed by atoms with Crippen LogP contribution < -0.4 is 5.32 Å². The number of fused-ring (bicyclic) bond motifs is 1. The zero-order valence-electron chi connectivity index (χ0n) is 22.4. The number of rotatable bonds is 11. The fourth-order valence-electron chi connectivity index (χ4n) is 5.17. The zero-order valence-corrected chi connectivity index (χ0v) is 22.4. The number of terminal acetylenes is 1. The molecule has 0 aromatic carbocycles. The highest BCUT2D eigenvalue weighted by Crippen LogP contribution is 2.51. The SMILES string of the molecule is C#CCNC(=O)C[C@H]1C[C@]2(C(=O)OC)C(=C[C@@H](C(C)(C)C)O[C@H]2C)N(CCCCCCCC)C1=O. The number of methoxy groups -OCH3 is 1. The number of amides is 2. The molecule has 2 rings (SSSR count). The minimum Gasteiger partial charge on any atom is -0.468 e. The molecule has 1 N–H and O–H groups in total. The summed E-state index contributed by atoms with van der Waals surface area (Å²) >= 11 is 0. The Kier molecular flexibility index (Phi) is 10.4. The summed E-state index contributed by atoms with van der Waals surface area (Å²) in [6.45, 7) is 10.9. The van der Waals surface area contributed by atoms with E-state index in [1.807, 2.05) is 13.0 Å². The Labute approximate surface area is 211 Å². The largest absolute Gasteiger partial charge is 0.468 e. The molecule has 196 valence electrons. The molecule has 7 nitrogen and oxygen atoms in total. The molecule has 1 fully saturated rings. The minimum absolute atomic E-state index is 0.0328. The fourth-order valence-corrected chi connectivity index (χ4v) is 5.17. The summed E-state index contributed by atoms with van der Waals surface area (Å²) in [5.41, 5.74) is -0.699. The molecule has 0 aromatic rings. The van der Waals surface area contributed by atoms with Crippen LogP contribution in [0.2, 0.25) is 0 Å². The maximum atomic E-state index is 13.7. The predicted octanol–water partition coefficient (Wildman–Crippen LogP) is 4.21. The number of hydrogen-bond donors (Lipinski definition) is 1. The van der Waals surface area contributed by atoms with Crippen molar-refractivity contribution in [2.45, 2.75) is 98.2 Å². The monoisotopic (exact) mass is 488 g/mol. The molecule has 2 aliphatic rings. The van der Waals surface area contributed by atoms with Gasteiger partial charge in [0.1, 0.15) is 5.41 Å². The summed E-state index contributed by atoms with van der Waals surface area (Å²) < 4.78 is 11.7. The second kappa shape index (κ2) is 12.6. The lowest BCUT2D eigenvalue weighted by Crippen LogP contribution is -2.61. The third-order valence-corrected chi connectivity index (χ3v) is 7.24. The lowest BCUT2D eigenvalue weighted by Gasteiger charge is -2.53. The van der Waals surface area contributed by atoms with E-state index in [-0.39, 0.29) is 42.7 Å². The van der Waals surface area contributed by atoms with Gasteiger partial charge in [-0.25, -0.2) is 0 Å². The molecule has 0 saturated carbocycles. The van der Waals surface area contributed by atoms with Crippen molar-refractivity contribution in [1.82, 2.24) is 10.2 Å². The summed E-state index contributed by atoms with van der Waals surface area (Å²) in [6.07, 6.45) is 13.1. The molecule has 0 bridgehead atoms. The first-order valence-corrected chi connectivity index (χ1v) is 13.0. The molecule has 4 atom stereocenters. The molecule has 35 heavy (non-hydrogen) atoms. The molecule has 0 spiro atoms. The zero-order chi connectivity index (χ0) is 26.2. The van der Waals surface area contributed by atoms with E-state index in [4.69, 9.17) is 15.9 Å². The summed E-state index contributed by atoms with van der Waals surface area (Å²) in [6, 6.07) is 0. The molecule has 0 unspecified atom stereocenters. The maximum Gasteiger partial charge on any atom is 0.320 e. The van der Waals surface area contributed by atoms with Gasteiger partial charge in [-0.05, 0) is 31.3 Å². The number of carbonyl (C=O) groups is 3. The lowest BCUT2D eigenvalue weighted by molar-refractivity contribution is -0.180. The number of piperidine rings is 1. The number of nitrogens with one attached hydrogen (secondary N) is 1. The number of hydrogen-bond acceptors (Lipinski definition) is 5. The summed E-state index contributed by atoms with van der Waals surface area (Å²) in [7, 11) is 1.36. The van der Waals surface area contributed by atoms with Crippen LogP contribution in [0, 0.1) is 29.1 Å². The van der Waals surface area contributed by atoms with Crippen LogP contribution in [0.1, 0.15) is 86.0 Å². The van der Waals surface area contributed by atoms with Crippen LogP contribution in [0.4, 0.5) is 0 Å². The number of nitrogens with zero attached hydrogens (tertiary/aromatic N) is 1. The van der Waals surface area contributed by atoms with Gasteiger partial charge in [0.2, 0.25) is 11.8 Å². The van der Waals surface area contributed by atoms with E-state index in [2.05, 4.69) is 38.9 Å². The van der Waals surface area contributed by atoms with Crippen LogP contribution in [0.25, 0.3) is 0 Å². The van der Waals surface area contributed by atoms with Crippen LogP contribution in [0.3, 0.4) is 0 Å². The van der Waals surface area contributed by atoms with Crippen molar-refractivity contribution in [2.24, 2.45) is 16.7 Å². The quantitative estimate of drug-likeness (QED) is 0.268. The highest BCUT2D eigenvalue weighted by molar-refractivity contribution is 5.92. The molecule has 0 radical (unpaired) electrons. The van der Waals surface area contributed by atoms with Gasteiger partial charge in [-0.1, -0.05) is 65.7 Å². The van der Waals surface area contributed by atoms with Gasteiger partial charge in [0, 0.05) is 24.6 Å². The van der Waals surface area contributed by atoms with Gasteiger partial charge < -0.3 is 19.7 Å². The van der Waals surface area contributed by atoms with Crippen molar-refractivity contribution in [3.8, 4) is 12.3 Å². The Bertz CT molecular complexity index is 837. The topological polar surface area (TPSA) is 84.9 Å². The van der Waals surface area contributed by atoms with Crippen molar-refractivity contribution in [3.63, 3.8) is 0 Å². The van der Waals surface area contributed by atoms with E-state index < -0.39 is 23.4 Å². The van der Waals surface area contributed by atoms with E-state index in [1.54, 1.807) is 4.90 Å². The Hall–Kier alpha value is -2.33. The van der Waals surface area contributed by atoms with Gasteiger partial charge in [-0.2, -0.15) is 0 Å². The van der Waals surface area contributed by atoms with Crippen LogP contribution in [-0.2, 0) is 23.9 Å². The number of ether oxygens (including phenoxy) is 2. The summed E-state index contributed by atoms with van der Waals surface area (Å²) in [5, 5.41) is 2.64. The Balaban J connectivity index is 2.45. The van der Waals surface area contributed by atoms with Crippen molar-refractivity contribution >= 4 is 17.8 Å². The van der Waals surface area contributed by atoms with Gasteiger partial charge in [0.25, 0.3) is 0 Å². The fraction of sp³-hybridized carbons (Fsp3) is 0.750. The molecule has 2 amide bonds.